The van der Waals surface area contributed by atoms with Crippen LogP contribution in [0.15, 0.2) is 54.2 Å². The number of benzene rings is 2. The van der Waals surface area contributed by atoms with E-state index in [-0.39, 0.29) is 22.2 Å². The van der Waals surface area contributed by atoms with Gasteiger partial charge in [-0.05, 0) is 42.0 Å². The van der Waals surface area contributed by atoms with Gasteiger partial charge < -0.3 is 20.2 Å². The van der Waals surface area contributed by atoms with E-state index >= 15 is 0 Å². The molecule has 2 aromatic rings. The summed E-state index contributed by atoms with van der Waals surface area (Å²) in [5.74, 6) is 0.0439. The number of likely N-dealkylation sites (N-methyl/N-ethyl adjacent to an activating group) is 1. The summed E-state index contributed by atoms with van der Waals surface area (Å²) in [6, 6.07) is 12.8. The second kappa shape index (κ2) is 9.77. The smallest absolute Gasteiger partial charge is 0.214 e. The van der Waals surface area contributed by atoms with Crippen molar-refractivity contribution in [1.29, 1.82) is 10.8 Å². The van der Waals surface area contributed by atoms with Crippen molar-refractivity contribution in [2.24, 2.45) is 0 Å². The van der Waals surface area contributed by atoms with Crippen LogP contribution in [-0.2, 0) is 22.2 Å². The Morgan fingerprint density at radius 1 is 1.21 bits per heavy atom. The minimum absolute atomic E-state index is 0. The molecule has 0 aliphatic carbocycles. The predicted molar refractivity (Wildman–Crippen MR) is 112 cm³/mol. The number of halogens is 1. The van der Waals surface area contributed by atoms with Crippen molar-refractivity contribution in [1.82, 2.24) is 0 Å². The maximum atomic E-state index is 8.84. The third-order valence-corrected chi connectivity index (χ3v) is 4.83. The summed E-state index contributed by atoms with van der Waals surface area (Å²) < 4.78 is 4.91. The maximum Gasteiger partial charge on any atom is 0.214 e. The topological polar surface area (TPSA) is 80.4 Å². The standard InChI is InChI=1S/C13H15ClN2.C8H9NO2.Co/c1-13(2)10-8-9(14)4-5-11(10)16(3)12(13)6-7-15;1-11-7-5-3-2-4-6(7)8(9)10;/h4-8,15H,1-3H3;2-5H,1H3,(H2,9,10);/b12-6-,15-7?;;. The van der Waals surface area contributed by atoms with Crippen molar-refractivity contribution in [3.63, 3.8) is 0 Å². The molecule has 1 radical (unpaired) electrons. The summed E-state index contributed by atoms with van der Waals surface area (Å²) in [5.41, 5.74) is 3.83. The number of ether oxygens (including phenoxy) is 1. The van der Waals surface area contributed by atoms with Gasteiger partial charge in [0.2, 0.25) is 5.90 Å². The molecule has 28 heavy (non-hydrogen) atoms. The summed E-state index contributed by atoms with van der Waals surface area (Å²) in [4.78, 5) is 2.12. The number of aliphatic hydroxyl groups is 1. The molecule has 1 heterocycles. The van der Waals surface area contributed by atoms with E-state index in [0.29, 0.717) is 11.3 Å². The van der Waals surface area contributed by atoms with E-state index in [9.17, 15) is 0 Å². The van der Waals surface area contributed by atoms with Crippen molar-refractivity contribution >= 4 is 29.4 Å². The van der Waals surface area contributed by atoms with Crippen molar-refractivity contribution in [3.05, 3.63) is 70.4 Å². The molecule has 0 fully saturated rings. The Morgan fingerprint density at radius 2 is 1.86 bits per heavy atom. The van der Waals surface area contributed by atoms with Crippen LogP contribution in [-0.4, -0.2) is 31.4 Å². The zero-order valence-corrected chi connectivity index (χ0v) is 18.0. The van der Waals surface area contributed by atoms with E-state index in [4.69, 9.17) is 32.3 Å². The molecule has 2 aromatic carbocycles. The SMILES string of the molecule is CN1/C(=C\C=N)C(C)(C)c2cc(Cl)ccc21.COc1ccccc1C(=N)O.[Co]. The van der Waals surface area contributed by atoms with E-state index in [2.05, 4.69) is 18.7 Å². The molecule has 0 bridgehead atoms. The van der Waals surface area contributed by atoms with E-state index in [0.717, 1.165) is 10.7 Å². The van der Waals surface area contributed by atoms with Crippen LogP contribution in [0.3, 0.4) is 0 Å². The van der Waals surface area contributed by atoms with Gasteiger partial charge in [0.05, 0.1) is 12.7 Å². The number of nitrogens with zero attached hydrogens (tertiary/aromatic N) is 1. The van der Waals surface area contributed by atoms with Gasteiger partial charge in [-0.2, -0.15) is 0 Å². The second-order valence-corrected chi connectivity index (χ2v) is 7.05. The van der Waals surface area contributed by atoms with Crippen LogP contribution in [0.2, 0.25) is 5.02 Å². The van der Waals surface area contributed by atoms with Crippen LogP contribution in [0.1, 0.15) is 25.0 Å². The summed E-state index contributed by atoms with van der Waals surface area (Å²) in [6.07, 6.45) is 3.18. The fraction of sp³-hybridized carbons (Fsp3) is 0.238. The molecule has 0 aromatic heterocycles. The first-order valence-electron chi connectivity index (χ1n) is 8.40. The Morgan fingerprint density at radius 3 is 2.39 bits per heavy atom. The van der Waals surface area contributed by atoms with Gasteiger partial charge in [0.25, 0.3) is 0 Å². The molecule has 0 saturated carbocycles. The minimum Gasteiger partial charge on any atom is -0.496 e. The van der Waals surface area contributed by atoms with Crippen molar-refractivity contribution < 1.29 is 26.6 Å². The molecule has 1 aliphatic heterocycles. The van der Waals surface area contributed by atoms with Crippen LogP contribution >= 0.6 is 11.6 Å². The number of nitrogens with one attached hydrogen (secondary N) is 2. The molecule has 1 aliphatic rings. The van der Waals surface area contributed by atoms with Crippen molar-refractivity contribution in [2.45, 2.75) is 19.3 Å². The van der Waals surface area contributed by atoms with Gasteiger partial charge in [-0.1, -0.05) is 37.6 Å². The normalized spacial score (nSPS) is 15.0. The average molecular weight is 445 g/mol. The monoisotopic (exact) mass is 444 g/mol. The molecule has 0 amide bonds. The molecule has 151 valence electrons. The number of allylic oxidation sites excluding steroid dienone is 2. The number of anilines is 1. The molecule has 3 N–H and O–H groups in total. The zero-order chi connectivity index (χ0) is 20.2. The number of methoxy groups -OCH3 is 1. The molecular formula is C21H24ClCoN3O2. The zero-order valence-electron chi connectivity index (χ0n) is 16.2. The number of hydrogen-bond donors (Lipinski definition) is 3. The van der Waals surface area contributed by atoms with Gasteiger partial charge in [0.15, 0.2) is 0 Å². The Hall–Kier alpha value is -2.28. The van der Waals surface area contributed by atoms with Gasteiger partial charge in [-0.15, -0.1) is 0 Å². The third kappa shape index (κ3) is 4.76. The summed E-state index contributed by atoms with van der Waals surface area (Å²) in [5, 5.41) is 23.8. The van der Waals surface area contributed by atoms with Crippen LogP contribution in [0.5, 0.6) is 5.75 Å². The molecule has 5 nitrogen and oxygen atoms in total. The Bertz CT molecular complexity index is 897. The van der Waals surface area contributed by atoms with Crippen LogP contribution < -0.4 is 9.64 Å². The molecule has 3 rings (SSSR count). The first kappa shape index (κ1) is 23.8. The third-order valence-electron chi connectivity index (χ3n) is 4.60. The predicted octanol–water partition coefficient (Wildman–Crippen LogP) is 5.18. The fourth-order valence-electron chi connectivity index (χ4n) is 3.23. The van der Waals surface area contributed by atoms with Gasteiger partial charge >= 0.3 is 0 Å². The number of para-hydroxylation sites is 1. The Kier molecular flexibility index (Phi) is 8.29. The number of rotatable bonds is 3. The van der Waals surface area contributed by atoms with E-state index in [1.54, 1.807) is 24.3 Å². The Labute approximate surface area is 181 Å². The molecule has 0 spiro atoms. The summed E-state index contributed by atoms with van der Waals surface area (Å²) in [7, 11) is 3.53. The van der Waals surface area contributed by atoms with Crippen molar-refractivity contribution in [3.8, 4) is 5.75 Å². The first-order valence-corrected chi connectivity index (χ1v) is 8.77. The van der Waals surface area contributed by atoms with E-state index in [1.807, 2.05) is 31.3 Å². The van der Waals surface area contributed by atoms with E-state index in [1.165, 1.54) is 24.6 Å². The number of fused-ring (bicyclic) bond motifs is 1. The summed E-state index contributed by atoms with van der Waals surface area (Å²) in [6.45, 7) is 4.31. The molecule has 7 heteroatoms. The minimum atomic E-state index is -0.470. The van der Waals surface area contributed by atoms with Crippen molar-refractivity contribution in [2.75, 3.05) is 19.1 Å². The first-order chi connectivity index (χ1) is 12.7. The van der Waals surface area contributed by atoms with Gasteiger partial charge in [0.1, 0.15) is 5.75 Å². The van der Waals surface area contributed by atoms with Crippen LogP contribution in [0, 0.1) is 10.8 Å². The molecule has 0 unspecified atom stereocenters. The maximum absolute atomic E-state index is 8.84. The Balaban J connectivity index is 0.000000289. The van der Waals surface area contributed by atoms with Gasteiger partial charge in [-0.25, -0.2) is 0 Å². The van der Waals surface area contributed by atoms with Crippen LogP contribution in [0.4, 0.5) is 5.69 Å². The number of aliphatic hydroxyl groups excluding tert-OH is 1. The molecule has 0 atom stereocenters. The largest absolute Gasteiger partial charge is 0.496 e. The fourth-order valence-corrected chi connectivity index (χ4v) is 3.40. The van der Waals surface area contributed by atoms with Gasteiger partial charge in [0, 0.05) is 51.9 Å². The van der Waals surface area contributed by atoms with Crippen LogP contribution in [0.25, 0.3) is 0 Å². The second-order valence-electron chi connectivity index (χ2n) is 6.61. The summed E-state index contributed by atoms with van der Waals surface area (Å²) >= 11 is 6.04. The van der Waals surface area contributed by atoms with E-state index < -0.39 is 5.90 Å². The molecule has 0 saturated heterocycles. The number of hydrogen-bond acceptors (Lipinski definition) is 4. The quantitative estimate of drug-likeness (QED) is 0.451. The molecular weight excluding hydrogens is 421 g/mol. The van der Waals surface area contributed by atoms with Gasteiger partial charge in [-0.3, -0.25) is 5.41 Å². The average Bonchev–Trinajstić information content (AvgIpc) is 2.83.